The van der Waals surface area contributed by atoms with Gasteiger partial charge in [-0.15, -0.1) is 0 Å². The van der Waals surface area contributed by atoms with E-state index in [0.717, 1.165) is 44.0 Å². The van der Waals surface area contributed by atoms with Crippen LogP contribution >= 0.6 is 0 Å². The van der Waals surface area contributed by atoms with E-state index in [4.69, 9.17) is 19.9 Å². The monoisotopic (exact) mass is 419 g/mol. The fourth-order valence-corrected chi connectivity index (χ4v) is 3.90. The lowest BCUT2D eigenvalue weighted by Gasteiger charge is -2.29. The minimum absolute atomic E-state index is 0.0513. The number of hydrogen-bond donors (Lipinski definition) is 1. The SMILES string of the molecule is C[C@@H](COC1CCC(Oc2nc3cc(F)c(OC4CC4)cc3n2C)CC1)CC(N)=O. The number of halogens is 1. The van der Waals surface area contributed by atoms with Crippen LogP contribution in [0.2, 0.25) is 0 Å². The highest BCUT2D eigenvalue weighted by Gasteiger charge is 2.27. The summed E-state index contributed by atoms with van der Waals surface area (Å²) in [5.74, 6) is -0.271. The molecule has 2 aromatic rings. The summed E-state index contributed by atoms with van der Waals surface area (Å²) in [7, 11) is 1.87. The lowest BCUT2D eigenvalue weighted by Crippen LogP contribution is -2.30. The summed E-state index contributed by atoms with van der Waals surface area (Å²) in [4.78, 5) is 15.5. The first-order valence-electron chi connectivity index (χ1n) is 10.8. The molecule has 0 saturated heterocycles. The van der Waals surface area contributed by atoms with E-state index in [1.54, 1.807) is 6.07 Å². The number of rotatable bonds is 9. The van der Waals surface area contributed by atoms with Crippen molar-refractivity contribution in [1.29, 1.82) is 0 Å². The molecule has 8 heteroatoms. The molecule has 2 saturated carbocycles. The van der Waals surface area contributed by atoms with Crippen molar-refractivity contribution in [2.75, 3.05) is 6.61 Å². The zero-order chi connectivity index (χ0) is 21.3. The average Bonchev–Trinajstić information content (AvgIpc) is 3.47. The third kappa shape index (κ3) is 5.03. The van der Waals surface area contributed by atoms with Gasteiger partial charge in [0.05, 0.1) is 23.2 Å². The van der Waals surface area contributed by atoms with Gasteiger partial charge in [0.1, 0.15) is 6.10 Å². The summed E-state index contributed by atoms with van der Waals surface area (Å²) in [6, 6.07) is 3.62. The number of aromatic nitrogens is 2. The molecule has 2 aliphatic rings. The van der Waals surface area contributed by atoms with Crippen LogP contribution < -0.4 is 15.2 Å². The lowest BCUT2D eigenvalue weighted by atomic mass is 9.95. The predicted octanol–water partition coefficient (Wildman–Crippen LogP) is 3.47. The highest BCUT2D eigenvalue weighted by Crippen LogP contribution is 2.33. The molecule has 0 bridgehead atoms. The molecule has 1 atom stereocenters. The number of amides is 1. The van der Waals surface area contributed by atoms with Gasteiger partial charge < -0.3 is 19.9 Å². The van der Waals surface area contributed by atoms with Gasteiger partial charge in [0.15, 0.2) is 11.6 Å². The number of hydrogen-bond acceptors (Lipinski definition) is 5. The number of ether oxygens (including phenoxy) is 3. The van der Waals surface area contributed by atoms with E-state index in [1.165, 1.54) is 6.07 Å². The van der Waals surface area contributed by atoms with Crippen molar-refractivity contribution in [1.82, 2.24) is 9.55 Å². The zero-order valence-corrected chi connectivity index (χ0v) is 17.6. The Balaban J connectivity index is 1.32. The van der Waals surface area contributed by atoms with Crippen LogP contribution in [0.3, 0.4) is 0 Å². The first-order chi connectivity index (χ1) is 14.4. The Kier molecular flexibility index (Phi) is 6.13. The number of carbonyl (C=O) groups is 1. The van der Waals surface area contributed by atoms with Crippen molar-refractivity contribution in [2.45, 2.75) is 70.2 Å². The Morgan fingerprint density at radius 2 is 1.80 bits per heavy atom. The molecule has 7 nitrogen and oxygen atoms in total. The molecule has 1 aromatic heterocycles. The summed E-state index contributed by atoms with van der Waals surface area (Å²) in [6.45, 7) is 2.51. The van der Waals surface area contributed by atoms with Crippen molar-refractivity contribution in [2.24, 2.45) is 18.7 Å². The second-order valence-corrected chi connectivity index (χ2v) is 8.67. The van der Waals surface area contributed by atoms with Crippen molar-refractivity contribution >= 4 is 16.9 Å². The van der Waals surface area contributed by atoms with Gasteiger partial charge in [0.25, 0.3) is 6.01 Å². The van der Waals surface area contributed by atoms with E-state index in [0.29, 0.717) is 24.6 Å². The third-order valence-electron chi connectivity index (χ3n) is 5.77. The summed E-state index contributed by atoms with van der Waals surface area (Å²) in [5, 5.41) is 0. The van der Waals surface area contributed by atoms with E-state index in [2.05, 4.69) is 4.98 Å². The molecule has 1 heterocycles. The van der Waals surface area contributed by atoms with E-state index in [-0.39, 0.29) is 41.7 Å². The predicted molar refractivity (Wildman–Crippen MR) is 110 cm³/mol. The van der Waals surface area contributed by atoms with Crippen molar-refractivity contribution < 1.29 is 23.4 Å². The number of aryl methyl sites for hydroxylation is 1. The van der Waals surface area contributed by atoms with Gasteiger partial charge in [0, 0.05) is 32.2 Å². The molecular weight excluding hydrogens is 389 g/mol. The largest absolute Gasteiger partial charge is 0.487 e. The molecule has 0 spiro atoms. The molecular formula is C22H30FN3O4. The summed E-state index contributed by atoms with van der Waals surface area (Å²) >= 11 is 0. The number of benzene rings is 1. The number of imidazole rings is 1. The van der Waals surface area contributed by atoms with Crippen LogP contribution in [0.1, 0.15) is 51.9 Å². The number of nitrogens with zero attached hydrogens (tertiary/aromatic N) is 2. The van der Waals surface area contributed by atoms with Gasteiger partial charge in [-0.25, -0.2) is 4.39 Å². The van der Waals surface area contributed by atoms with Gasteiger partial charge >= 0.3 is 0 Å². The van der Waals surface area contributed by atoms with Crippen LogP contribution in [0.5, 0.6) is 11.8 Å². The number of carbonyl (C=O) groups excluding carboxylic acids is 1. The van der Waals surface area contributed by atoms with Crippen LogP contribution in [0, 0.1) is 11.7 Å². The number of primary amides is 1. The van der Waals surface area contributed by atoms with Crippen molar-refractivity contribution in [3.63, 3.8) is 0 Å². The first kappa shape index (κ1) is 20.9. The van der Waals surface area contributed by atoms with Gasteiger partial charge in [-0.1, -0.05) is 6.92 Å². The Morgan fingerprint density at radius 1 is 1.17 bits per heavy atom. The maximum absolute atomic E-state index is 14.3. The fraction of sp³-hybridized carbons (Fsp3) is 0.636. The molecule has 164 valence electrons. The molecule has 4 rings (SSSR count). The third-order valence-corrected chi connectivity index (χ3v) is 5.77. The Hall–Kier alpha value is -2.35. The standard InChI is InChI=1S/C22H30FN3O4/c1-13(9-21(24)27)12-28-14-3-5-16(6-4-14)30-22-25-18-10-17(23)20(29-15-7-8-15)11-19(18)26(22)2/h10-11,13-16H,3-9,12H2,1-2H3,(H2,24,27)/t13-,14?,16?/m1/s1. The fourth-order valence-electron chi connectivity index (χ4n) is 3.90. The van der Waals surface area contributed by atoms with Gasteiger partial charge in [-0.3, -0.25) is 9.36 Å². The molecule has 2 aliphatic carbocycles. The molecule has 0 radical (unpaired) electrons. The highest BCUT2D eigenvalue weighted by atomic mass is 19.1. The minimum atomic E-state index is -0.387. The van der Waals surface area contributed by atoms with Crippen molar-refractivity contribution in [3.05, 3.63) is 17.9 Å². The molecule has 1 amide bonds. The van der Waals surface area contributed by atoms with E-state index >= 15 is 0 Å². The molecule has 0 aliphatic heterocycles. The number of nitrogens with two attached hydrogens (primary N) is 1. The van der Waals surface area contributed by atoms with E-state index in [1.807, 2.05) is 18.5 Å². The molecule has 30 heavy (non-hydrogen) atoms. The maximum Gasteiger partial charge on any atom is 0.297 e. The molecule has 2 fully saturated rings. The van der Waals surface area contributed by atoms with Crippen molar-refractivity contribution in [3.8, 4) is 11.8 Å². The summed E-state index contributed by atoms with van der Waals surface area (Å²) < 4.78 is 33.9. The van der Waals surface area contributed by atoms with Gasteiger partial charge in [-0.2, -0.15) is 4.98 Å². The quantitative estimate of drug-likeness (QED) is 0.672. The average molecular weight is 419 g/mol. The highest BCUT2D eigenvalue weighted by molar-refractivity contribution is 5.78. The van der Waals surface area contributed by atoms with Gasteiger partial charge in [-0.05, 0) is 44.4 Å². The molecule has 2 N–H and O–H groups in total. The maximum atomic E-state index is 14.3. The first-order valence-corrected chi connectivity index (χ1v) is 10.8. The molecule has 0 unspecified atom stereocenters. The van der Waals surface area contributed by atoms with Crippen LogP contribution in [-0.4, -0.2) is 40.4 Å². The van der Waals surface area contributed by atoms with Crippen LogP contribution in [-0.2, 0) is 16.6 Å². The molecule has 1 aromatic carbocycles. The Bertz CT molecular complexity index is 903. The zero-order valence-electron chi connectivity index (χ0n) is 17.6. The van der Waals surface area contributed by atoms with E-state index in [9.17, 15) is 9.18 Å². The Morgan fingerprint density at radius 3 is 2.47 bits per heavy atom. The normalized spacial score (nSPS) is 22.8. The van der Waals surface area contributed by atoms with Crippen LogP contribution in [0.25, 0.3) is 11.0 Å². The minimum Gasteiger partial charge on any atom is -0.487 e. The topological polar surface area (TPSA) is 88.6 Å². The lowest BCUT2D eigenvalue weighted by molar-refractivity contribution is -0.119. The smallest absolute Gasteiger partial charge is 0.297 e. The second-order valence-electron chi connectivity index (χ2n) is 8.67. The van der Waals surface area contributed by atoms with Gasteiger partial charge in [0.2, 0.25) is 5.91 Å². The number of fused-ring (bicyclic) bond motifs is 1. The van der Waals surface area contributed by atoms with Crippen LogP contribution in [0.15, 0.2) is 12.1 Å². The van der Waals surface area contributed by atoms with E-state index < -0.39 is 0 Å². The summed E-state index contributed by atoms with van der Waals surface area (Å²) in [5.41, 5.74) is 6.58. The van der Waals surface area contributed by atoms with Crippen LogP contribution in [0.4, 0.5) is 4.39 Å². The second kappa shape index (κ2) is 8.79. The Labute approximate surface area is 175 Å². The summed E-state index contributed by atoms with van der Waals surface area (Å²) in [6.07, 6.45) is 6.19.